The first-order chi connectivity index (χ1) is 6.72. The molecule has 0 aliphatic carbocycles. The van der Waals surface area contributed by atoms with Crippen LogP contribution in [0.2, 0.25) is 0 Å². The third-order valence-electron chi connectivity index (χ3n) is 1.94. The molecule has 0 aliphatic rings. The minimum absolute atomic E-state index is 0.150. The molecule has 5 N–H and O–H groups in total. The van der Waals surface area contributed by atoms with Crippen LogP contribution < -0.4 is 16.8 Å². The van der Waals surface area contributed by atoms with E-state index in [9.17, 15) is 0 Å². The molecular weight excluding hydrogens is 176 g/mol. The summed E-state index contributed by atoms with van der Waals surface area (Å²) in [6.45, 7) is 0.640. The average molecular weight is 192 g/mol. The third kappa shape index (κ3) is 3.35. The Morgan fingerprint density at radius 2 is 1.93 bits per heavy atom. The van der Waals surface area contributed by atoms with Gasteiger partial charge in [-0.05, 0) is 24.1 Å². The van der Waals surface area contributed by atoms with E-state index in [1.165, 1.54) is 5.56 Å². The molecular formula is C10H16N4. The van der Waals surface area contributed by atoms with Crippen LogP contribution in [0.1, 0.15) is 5.56 Å². The van der Waals surface area contributed by atoms with Crippen molar-refractivity contribution >= 4 is 11.6 Å². The van der Waals surface area contributed by atoms with E-state index in [0.29, 0.717) is 6.54 Å². The smallest absolute Gasteiger partial charge is 0.185 e. The highest BCUT2D eigenvalue weighted by molar-refractivity contribution is 5.75. The molecule has 1 aromatic carbocycles. The van der Waals surface area contributed by atoms with Gasteiger partial charge in [0.2, 0.25) is 0 Å². The summed E-state index contributed by atoms with van der Waals surface area (Å²) in [5, 5.41) is 3.06. The zero-order chi connectivity index (χ0) is 10.4. The molecule has 76 valence electrons. The van der Waals surface area contributed by atoms with Crippen molar-refractivity contribution in [3.8, 4) is 0 Å². The second-order valence-electron chi connectivity index (χ2n) is 3.00. The van der Waals surface area contributed by atoms with Crippen LogP contribution in [0.25, 0.3) is 0 Å². The van der Waals surface area contributed by atoms with Gasteiger partial charge in [-0.1, -0.05) is 12.1 Å². The van der Waals surface area contributed by atoms with Gasteiger partial charge < -0.3 is 16.8 Å². The summed E-state index contributed by atoms with van der Waals surface area (Å²) in [6.07, 6.45) is 0.863. The van der Waals surface area contributed by atoms with Crippen molar-refractivity contribution in [3.05, 3.63) is 29.8 Å². The standard InChI is InChI=1S/C10H16N4/c1-13-9-4-2-8(3-5-9)6-7-14-10(11)12/h2-5,13H,6-7H2,1H3,(H4,11,12,14). The van der Waals surface area contributed by atoms with Crippen molar-refractivity contribution in [1.29, 1.82) is 0 Å². The van der Waals surface area contributed by atoms with E-state index >= 15 is 0 Å². The summed E-state index contributed by atoms with van der Waals surface area (Å²) in [5.41, 5.74) is 12.8. The minimum Gasteiger partial charge on any atom is -0.388 e. The molecule has 1 aromatic rings. The third-order valence-corrected chi connectivity index (χ3v) is 1.94. The summed E-state index contributed by atoms with van der Waals surface area (Å²) < 4.78 is 0. The number of rotatable bonds is 4. The summed E-state index contributed by atoms with van der Waals surface area (Å²) in [5.74, 6) is 0.150. The zero-order valence-corrected chi connectivity index (χ0v) is 8.33. The van der Waals surface area contributed by atoms with Crippen LogP contribution >= 0.6 is 0 Å². The number of anilines is 1. The Morgan fingerprint density at radius 3 is 2.43 bits per heavy atom. The molecule has 4 nitrogen and oxygen atoms in total. The monoisotopic (exact) mass is 192 g/mol. The molecule has 0 atom stereocenters. The predicted octanol–water partition coefficient (Wildman–Crippen LogP) is 0.544. The number of nitrogens with zero attached hydrogens (tertiary/aromatic N) is 1. The number of nitrogens with one attached hydrogen (secondary N) is 1. The molecule has 0 radical (unpaired) electrons. The number of nitrogens with two attached hydrogens (primary N) is 2. The van der Waals surface area contributed by atoms with Gasteiger partial charge in [-0.3, -0.25) is 4.99 Å². The van der Waals surface area contributed by atoms with E-state index in [1.54, 1.807) is 0 Å². The molecule has 0 bridgehead atoms. The van der Waals surface area contributed by atoms with E-state index < -0.39 is 0 Å². The lowest BCUT2D eigenvalue weighted by Crippen LogP contribution is -2.23. The first-order valence-corrected chi connectivity index (χ1v) is 4.54. The minimum atomic E-state index is 0.150. The molecule has 0 spiro atoms. The quantitative estimate of drug-likeness (QED) is 0.481. The van der Waals surface area contributed by atoms with E-state index in [2.05, 4.69) is 22.4 Å². The Balaban J connectivity index is 2.48. The maximum absolute atomic E-state index is 5.22. The van der Waals surface area contributed by atoms with Gasteiger partial charge in [0.25, 0.3) is 0 Å². The Labute approximate surface area is 84.0 Å². The van der Waals surface area contributed by atoms with Gasteiger partial charge in [0, 0.05) is 19.3 Å². The second kappa shape index (κ2) is 5.11. The van der Waals surface area contributed by atoms with Gasteiger partial charge in [0.1, 0.15) is 0 Å². The molecule has 0 aliphatic heterocycles. The fraction of sp³-hybridized carbons (Fsp3) is 0.300. The van der Waals surface area contributed by atoms with E-state index in [1.807, 2.05) is 19.2 Å². The number of benzene rings is 1. The van der Waals surface area contributed by atoms with Crippen LogP contribution in [-0.4, -0.2) is 19.6 Å². The highest BCUT2D eigenvalue weighted by Gasteiger charge is 1.92. The number of hydrogen-bond donors (Lipinski definition) is 3. The van der Waals surface area contributed by atoms with Gasteiger partial charge in [-0.15, -0.1) is 0 Å². The van der Waals surface area contributed by atoms with Crippen LogP contribution in [0.15, 0.2) is 29.3 Å². The van der Waals surface area contributed by atoms with Crippen LogP contribution in [0.3, 0.4) is 0 Å². The highest BCUT2D eigenvalue weighted by atomic mass is 15.0. The van der Waals surface area contributed by atoms with Crippen molar-refractivity contribution in [3.63, 3.8) is 0 Å². The fourth-order valence-electron chi connectivity index (χ4n) is 1.15. The van der Waals surface area contributed by atoms with Crippen LogP contribution in [-0.2, 0) is 6.42 Å². The van der Waals surface area contributed by atoms with Crippen molar-refractivity contribution in [2.45, 2.75) is 6.42 Å². The fourth-order valence-corrected chi connectivity index (χ4v) is 1.15. The molecule has 0 saturated heterocycles. The molecule has 0 saturated carbocycles. The Bertz CT molecular complexity index is 298. The van der Waals surface area contributed by atoms with Gasteiger partial charge in [-0.2, -0.15) is 0 Å². The van der Waals surface area contributed by atoms with Gasteiger partial charge in [0.15, 0.2) is 5.96 Å². The highest BCUT2D eigenvalue weighted by Crippen LogP contribution is 2.08. The van der Waals surface area contributed by atoms with E-state index in [-0.39, 0.29) is 5.96 Å². The second-order valence-corrected chi connectivity index (χ2v) is 3.00. The predicted molar refractivity (Wildman–Crippen MR) is 60.4 cm³/mol. The van der Waals surface area contributed by atoms with Crippen molar-refractivity contribution in [1.82, 2.24) is 0 Å². The first kappa shape index (κ1) is 10.4. The average Bonchev–Trinajstić information content (AvgIpc) is 2.18. The van der Waals surface area contributed by atoms with Crippen molar-refractivity contribution in [2.75, 3.05) is 18.9 Å². The molecule has 0 heterocycles. The summed E-state index contributed by atoms with van der Waals surface area (Å²) in [6, 6.07) is 8.19. The Morgan fingerprint density at radius 1 is 1.29 bits per heavy atom. The summed E-state index contributed by atoms with van der Waals surface area (Å²) in [4.78, 5) is 3.92. The van der Waals surface area contributed by atoms with Gasteiger partial charge >= 0.3 is 0 Å². The lowest BCUT2D eigenvalue weighted by molar-refractivity contribution is 0.962. The maximum Gasteiger partial charge on any atom is 0.185 e. The van der Waals surface area contributed by atoms with Gasteiger partial charge in [-0.25, -0.2) is 0 Å². The zero-order valence-electron chi connectivity index (χ0n) is 8.33. The molecule has 0 fully saturated rings. The SMILES string of the molecule is CNc1ccc(CCN=C(N)N)cc1. The molecule has 0 unspecified atom stereocenters. The van der Waals surface area contributed by atoms with Crippen molar-refractivity contribution < 1.29 is 0 Å². The Hall–Kier alpha value is -1.71. The van der Waals surface area contributed by atoms with Crippen LogP contribution in [0.4, 0.5) is 5.69 Å². The van der Waals surface area contributed by atoms with Crippen molar-refractivity contribution in [2.24, 2.45) is 16.5 Å². The molecule has 4 heteroatoms. The lowest BCUT2D eigenvalue weighted by Gasteiger charge is -2.01. The largest absolute Gasteiger partial charge is 0.388 e. The number of guanidine groups is 1. The first-order valence-electron chi connectivity index (χ1n) is 4.54. The maximum atomic E-state index is 5.22. The lowest BCUT2D eigenvalue weighted by atomic mass is 10.1. The van der Waals surface area contributed by atoms with E-state index in [0.717, 1.165) is 12.1 Å². The molecule has 14 heavy (non-hydrogen) atoms. The van der Waals surface area contributed by atoms with Gasteiger partial charge in [0.05, 0.1) is 0 Å². The molecule has 1 rings (SSSR count). The summed E-state index contributed by atoms with van der Waals surface area (Å²) in [7, 11) is 1.90. The summed E-state index contributed by atoms with van der Waals surface area (Å²) >= 11 is 0. The normalized spacial score (nSPS) is 9.50. The Kier molecular flexibility index (Phi) is 3.79. The topological polar surface area (TPSA) is 76.4 Å². The number of hydrogen-bond acceptors (Lipinski definition) is 2. The van der Waals surface area contributed by atoms with Crippen LogP contribution in [0.5, 0.6) is 0 Å². The van der Waals surface area contributed by atoms with E-state index in [4.69, 9.17) is 11.5 Å². The van der Waals surface area contributed by atoms with Crippen LogP contribution in [0, 0.1) is 0 Å². The molecule has 0 amide bonds. The molecule has 0 aromatic heterocycles. The number of aliphatic imine (C=N–C) groups is 1.